The summed E-state index contributed by atoms with van der Waals surface area (Å²) in [6, 6.07) is 11.4. The number of hydrogen-bond donors (Lipinski definition) is 0. The van der Waals surface area contributed by atoms with E-state index in [1.54, 1.807) is 24.0 Å². The van der Waals surface area contributed by atoms with E-state index >= 15 is 0 Å². The number of carbonyl (C=O) groups excluding carboxylic acids is 2. The lowest BCUT2D eigenvalue weighted by Gasteiger charge is -2.32. The molecule has 4 rings (SSSR count). The van der Waals surface area contributed by atoms with Crippen molar-refractivity contribution in [1.82, 2.24) is 9.47 Å². The van der Waals surface area contributed by atoms with Gasteiger partial charge in [-0.05, 0) is 68.1 Å². The Morgan fingerprint density at radius 1 is 1.16 bits per heavy atom. The number of aromatic nitrogens is 1. The number of hydrogen-bond acceptors (Lipinski definition) is 5. The predicted octanol–water partition coefficient (Wildman–Crippen LogP) is 5.44. The molecule has 0 atom stereocenters. The van der Waals surface area contributed by atoms with Gasteiger partial charge in [-0.1, -0.05) is 23.2 Å². The molecule has 0 radical (unpaired) electrons. The number of benzene rings is 2. The van der Waals surface area contributed by atoms with Crippen molar-refractivity contribution in [2.75, 3.05) is 26.3 Å². The molecule has 194 valence electrons. The molecule has 1 aliphatic rings. The molecule has 2 aromatic carbocycles. The monoisotopic (exact) mass is 541 g/mol. The zero-order valence-electron chi connectivity index (χ0n) is 21.1. The SMILES string of the molecule is CCOC(=O)COC1CCN(C(=O)c2ccc(Cl)c(Cc3cc4c(C)cc(C#N)cc4n3C)c2Cl)CC1. The summed E-state index contributed by atoms with van der Waals surface area (Å²) in [4.78, 5) is 26.7. The molecule has 9 heteroatoms. The number of halogens is 2. The Morgan fingerprint density at radius 2 is 1.89 bits per heavy atom. The number of nitrogens with zero attached hydrogens (tertiary/aromatic N) is 3. The molecule has 1 aromatic heterocycles. The van der Waals surface area contributed by atoms with Gasteiger partial charge in [0.25, 0.3) is 5.91 Å². The summed E-state index contributed by atoms with van der Waals surface area (Å²) in [5.74, 6) is -0.536. The highest BCUT2D eigenvalue weighted by Crippen LogP contribution is 2.33. The van der Waals surface area contributed by atoms with E-state index in [1.165, 1.54) is 0 Å². The van der Waals surface area contributed by atoms with Gasteiger partial charge in [0.1, 0.15) is 6.61 Å². The molecule has 1 fully saturated rings. The number of ether oxygens (including phenoxy) is 2. The normalized spacial score (nSPS) is 14.1. The van der Waals surface area contributed by atoms with Crippen LogP contribution in [0.2, 0.25) is 10.0 Å². The van der Waals surface area contributed by atoms with Gasteiger partial charge in [-0.3, -0.25) is 4.79 Å². The highest BCUT2D eigenvalue weighted by molar-refractivity contribution is 6.38. The minimum absolute atomic E-state index is 0.0790. The van der Waals surface area contributed by atoms with Gasteiger partial charge < -0.3 is 18.9 Å². The Balaban J connectivity index is 1.50. The average molecular weight is 542 g/mol. The number of rotatable bonds is 7. The number of amides is 1. The minimum atomic E-state index is -0.381. The lowest BCUT2D eigenvalue weighted by molar-refractivity contribution is -0.151. The van der Waals surface area contributed by atoms with Gasteiger partial charge in [0.2, 0.25) is 0 Å². The molecular formula is C28H29Cl2N3O4. The van der Waals surface area contributed by atoms with E-state index in [4.69, 9.17) is 32.7 Å². The number of nitriles is 1. The van der Waals surface area contributed by atoms with Crippen molar-refractivity contribution in [1.29, 1.82) is 5.26 Å². The summed E-state index contributed by atoms with van der Waals surface area (Å²) >= 11 is 13.3. The van der Waals surface area contributed by atoms with Crippen molar-refractivity contribution in [3.63, 3.8) is 0 Å². The first-order valence-electron chi connectivity index (χ1n) is 12.3. The summed E-state index contributed by atoms with van der Waals surface area (Å²) in [6.07, 6.45) is 1.60. The van der Waals surface area contributed by atoms with E-state index in [2.05, 4.69) is 12.1 Å². The second-order valence-electron chi connectivity index (χ2n) is 9.20. The molecule has 2 heterocycles. The molecule has 3 aromatic rings. The van der Waals surface area contributed by atoms with Gasteiger partial charge in [0, 0.05) is 48.2 Å². The van der Waals surface area contributed by atoms with E-state index < -0.39 is 0 Å². The minimum Gasteiger partial charge on any atom is -0.464 e. The third kappa shape index (κ3) is 5.77. The van der Waals surface area contributed by atoms with Crippen molar-refractivity contribution in [3.8, 4) is 6.07 Å². The summed E-state index contributed by atoms with van der Waals surface area (Å²) in [6.45, 7) is 4.99. The van der Waals surface area contributed by atoms with Crippen molar-refractivity contribution in [2.45, 2.75) is 39.2 Å². The topological polar surface area (TPSA) is 84.6 Å². The first kappa shape index (κ1) is 27.0. The Morgan fingerprint density at radius 3 is 2.57 bits per heavy atom. The van der Waals surface area contributed by atoms with Crippen LogP contribution in [0, 0.1) is 18.3 Å². The fourth-order valence-corrected chi connectivity index (χ4v) is 5.37. The maximum absolute atomic E-state index is 13.4. The molecule has 0 unspecified atom stereocenters. The molecular weight excluding hydrogens is 513 g/mol. The van der Waals surface area contributed by atoms with Crippen molar-refractivity contribution >= 4 is 46.0 Å². The third-order valence-electron chi connectivity index (χ3n) is 6.84. The van der Waals surface area contributed by atoms with E-state index in [0.29, 0.717) is 65.7 Å². The molecule has 1 aliphatic heterocycles. The van der Waals surface area contributed by atoms with Crippen molar-refractivity contribution < 1.29 is 19.1 Å². The van der Waals surface area contributed by atoms with Crippen LogP contribution in [0.1, 0.15) is 52.5 Å². The van der Waals surface area contributed by atoms with Gasteiger partial charge in [-0.15, -0.1) is 0 Å². The zero-order chi connectivity index (χ0) is 26.7. The maximum atomic E-state index is 13.4. The molecule has 1 saturated heterocycles. The highest BCUT2D eigenvalue weighted by Gasteiger charge is 2.27. The second-order valence-corrected chi connectivity index (χ2v) is 9.99. The van der Waals surface area contributed by atoms with Gasteiger partial charge >= 0.3 is 5.97 Å². The Labute approximate surface area is 226 Å². The second kappa shape index (κ2) is 11.6. The van der Waals surface area contributed by atoms with E-state index in [9.17, 15) is 14.9 Å². The molecule has 1 amide bonds. The van der Waals surface area contributed by atoms with Gasteiger partial charge in [-0.2, -0.15) is 5.26 Å². The molecule has 7 nitrogen and oxygen atoms in total. The van der Waals surface area contributed by atoms with Crippen molar-refractivity contribution in [2.24, 2.45) is 7.05 Å². The van der Waals surface area contributed by atoms with Gasteiger partial charge in [0.05, 0.1) is 34.9 Å². The van der Waals surface area contributed by atoms with Crippen LogP contribution < -0.4 is 0 Å². The lowest BCUT2D eigenvalue weighted by Crippen LogP contribution is -2.41. The first-order valence-corrected chi connectivity index (χ1v) is 13.0. The largest absolute Gasteiger partial charge is 0.464 e. The number of carbonyl (C=O) groups is 2. The van der Waals surface area contributed by atoms with Crippen LogP contribution in [0.5, 0.6) is 0 Å². The van der Waals surface area contributed by atoms with Crippen molar-refractivity contribution in [3.05, 3.63) is 68.3 Å². The standard InChI is InChI=1S/C28H29Cl2N3O4/c1-4-36-26(34)16-37-20-7-9-33(10-8-20)28(35)21-5-6-24(29)23(27(21)30)14-19-13-22-17(2)11-18(15-31)12-25(22)32(19)3/h5-6,11-13,20H,4,7-10,14,16H2,1-3H3. The summed E-state index contributed by atoms with van der Waals surface area (Å²) < 4.78 is 12.6. The Kier molecular flexibility index (Phi) is 8.43. The fourth-order valence-electron chi connectivity index (χ4n) is 4.79. The predicted molar refractivity (Wildman–Crippen MR) is 143 cm³/mol. The summed E-state index contributed by atoms with van der Waals surface area (Å²) in [5.41, 5.74) is 4.66. The zero-order valence-corrected chi connectivity index (χ0v) is 22.7. The molecule has 0 saturated carbocycles. The van der Waals surface area contributed by atoms with Crippen LogP contribution in [0.3, 0.4) is 0 Å². The van der Waals surface area contributed by atoms with E-state index in [1.807, 2.05) is 30.7 Å². The smallest absolute Gasteiger partial charge is 0.332 e. The lowest BCUT2D eigenvalue weighted by atomic mass is 10.0. The number of piperidine rings is 1. The number of esters is 1. The highest BCUT2D eigenvalue weighted by atomic mass is 35.5. The quantitative estimate of drug-likeness (QED) is 0.372. The van der Waals surface area contributed by atoms with Crippen LogP contribution in [-0.2, 0) is 27.7 Å². The molecule has 0 bridgehead atoms. The maximum Gasteiger partial charge on any atom is 0.332 e. The molecule has 0 N–H and O–H groups in total. The summed E-state index contributed by atoms with van der Waals surface area (Å²) in [5, 5.41) is 11.2. The van der Waals surface area contributed by atoms with E-state index in [0.717, 1.165) is 22.2 Å². The number of aryl methyl sites for hydroxylation is 2. The van der Waals surface area contributed by atoms with Crippen LogP contribution in [0.4, 0.5) is 0 Å². The molecule has 37 heavy (non-hydrogen) atoms. The van der Waals surface area contributed by atoms with Crippen LogP contribution in [0.25, 0.3) is 10.9 Å². The number of likely N-dealkylation sites (tertiary alicyclic amines) is 1. The number of fused-ring (bicyclic) bond motifs is 1. The van der Waals surface area contributed by atoms with Gasteiger partial charge in [0.15, 0.2) is 0 Å². The first-order chi connectivity index (χ1) is 17.7. The molecule has 0 spiro atoms. The fraction of sp³-hybridized carbons (Fsp3) is 0.393. The molecule has 0 aliphatic carbocycles. The van der Waals surface area contributed by atoms with Crippen LogP contribution >= 0.6 is 23.2 Å². The average Bonchev–Trinajstić information content (AvgIpc) is 3.21. The van der Waals surface area contributed by atoms with Crippen LogP contribution in [-0.4, -0.2) is 53.8 Å². The van der Waals surface area contributed by atoms with Crippen LogP contribution in [0.15, 0.2) is 30.3 Å². The Hall–Kier alpha value is -3.05. The third-order valence-corrected chi connectivity index (χ3v) is 7.63. The summed E-state index contributed by atoms with van der Waals surface area (Å²) in [7, 11) is 1.95. The van der Waals surface area contributed by atoms with E-state index in [-0.39, 0.29) is 24.6 Å². The Bertz CT molecular complexity index is 1380. The van der Waals surface area contributed by atoms with Gasteiger partial charge in [-0.25, -0.2) is 4.79 Å².